The van der Waals surface area contributed by atoms with Crippen LogP contribution in [0.2, 0.25) is 0 Å². The molecule has 29 heavy (non-hydrogen) atoms. The van der Waals surface area contributed by atoms with Crippen LogP contribution in [0.1, 0.15) is 30.4 Å². The smallest absolute Gasteiger partial charge is 0.243 e. The van der Waals surface area contributed by atoms with Crippen LogP contribution in [0, 0.1) is 0 Å². The zero-order chi connectivity index (χ0) is 21.0. The van der Waals surface area contributed by atoms with Gasteiger partial charge in [0, 0.05) is 32.2 Å². The standard InChI is InChI=1S/C20H26N2O6S/c1-2-3-15-4-6-17(7-5-15)29(26,27)22-10-8-21(9-11-22)13-19-20(25)18(24)12-16(14-23)28-19/h4-7,12,23,25H,2-3,8-11,13-14H2,1H3. The lowest BCUT2D eigenvalue weighted by Crippen LogP contribution is -2.48. The fourth-order valence-electron chi connectivity index (χ4n) is 3.37. The molecule has 1 fully saturated rings. The van der Waals surface area contributed by atoms with Gasteiger partial charge in [0.2, 0.25) is 21.2 Å². The predicted molar refractivity (Wildman–Crippen MR) is 107 cm³/mol. The van der Waals surface area contributed by atoms with Crippen molar-refractivity contribution in [3.8, 4) is 5.75 Å². The Balaban J connectivity index is 1.66. The average Bonchev–Trinajstić information content (AvgIpc) is 2.72. The lowest BCUT2D eigenvalue weighted by atomic mass is 10.1. The fourth-order valence-corrected chi connectivity index (χ4v) is 4.79. The van der Waals surface area contributed by atoms with Crippen molar-refractivity contribution in [2.45, 2.75) is 37.8 Å². The van der Waals surface area contributed by atoms with Crippen molar-refractivity contribution >= 4 is 10.0 Å². The van der Waals surface area contributed by atoms with Crippen LogP contribution in [-0.4, -0.2) is 54.0 Å². The molecule has 2 heterocycles. The Morgan fingerprint density at radius 2 is 1.76 bits per heavy atom. The average molecular weight is 423 g/mol. The van der Waals surface area contributed by atoms with E-state index in [1.807, 2.05) is 17.0 Å². The number of hydrogen-bond donors (Lipinski definition) is 2. The lowest BCUT2D eigenvalue weighted by molar-refractivity contribution is 0.160. The Hall–Kier alpha value is -2.20. The molecular formula is C20H26N2O6S. The van der Waals surface area contributed by atoms with E-state index in [1.165, 1.54) is 4.31 Å². The zero-order valence-electron chi connectivity index (χ0n) is 16.4. The molecule has 8 nitrogen and oxygen atoms in total. The SMILES string of the molecule is CCCc1ccc(S(=O)(=O)N2CCN(Cc3oc(CO)cc(=O)c3O)CC2)cc1. The summed E-state index contributed by atoms with van der Waals surface area (Å²) in [7, 11) is -3.56. The Labute approximate surface area is 170 Å². The normalized spacial score (nSPS) is 16.2. The summed E-state index contributed by atoms with van der Waals surface area (Å²) in [6.07, 6.45) is 1.92. The van der Waals surface area contributed by atoms with Crippen LogP contribution in [0.3, 0.4) is 0 Å². The topological polar surface area (TPSA) is 111 Å². The number of nitrogens with zero attached hydrogens (tertiary/aromatic N) is 2. The Bertz CT molecular complexity index is 993. The van der Waals surface area contributed by atoms with E-state index in [0.717, 1.165) is 24.5 Å². The van der Waals surface area contributed by atoms with Crippen molar-refractivity contribution < 1.29 is 23.0 Å². The molecule has 1 aliphatic heterocycles. The Kier molecular flexibility index (Phi) is 6.74. The van der Waals surface area contributed by atoms with Crippen molar-refractivity contribution in [3.05, 3.63) is 57.6 Å². The molecule has 3 rings (SSSR count). The first-order chi connectivity index (χ1) is 13.8. The van der Waals surface area contributed by atoms with Crippen LogP contribution >= 0.6 is 0 Å². The van der Waals surface area contributed by atoms with Crippen molar-refractivity contribution in [2.24, 2.45) is 0 Å². The molecule has 158 valence electrons. The molecule has 2 aromatic rings. The molecule has 1 aromatic carbocycles. The molecule has 0 unspecified atom stereocenters. The van der Waals surface area contributed by atoms with Crippen molar-refractivity contribution in [1.82, 2.24) is 9.21 Å². The molecule has 1 aromatic heterocycles. The molecule has 2 N–H and O–H groups in total. The highest BCUT2D eigenvalue weighted by Crippen LogP contribution is 2.21. The van der Waals surface area contributed by atoms with Gasteiger partial charge in [-0.05, 0) is 24.1 Å². The number of piperazine rings is 1. The first-order valence-corrected chi connectivity index (χ1v) is 11.1. The third-order valence-electron chi connectivity index (χ3n) is 5.00. The number of hydrogen-bond acceptors (Lipinski definition) is 7. The van der Waals surface area contributed by atoms with Crippen LogP contribution in [-0.2, 0) is 29.6 Å². The number of rotatable bonds is 7. The number of benzene rings is 1. The molecule has 1 aliphatic rings. The van der Waals surface area contributed by atoms with Gasteiger partial charge in [-0.15, -0.1) is 0 Å². The minimum atomic E-state index is -3.56. The molecule has 0 aliphatic carbocycles. The quantitative estimate of drug-likeness (QED) is 0.692. The number of aliphatic hydroxyl groups is 1. The highest BCUT2D eigenvalue weighted by atomic mass is 32.2. The summed E-state index contributed by atoms with van der Waals surface area (Å²) in [6, 6.07) is 8.06. The van der Waals surface area contributed by atoms with Gasteiger partial charge in [0.15, 0.2) is 5.76 Å². The second-order valence-corrected chi connectivity index (χ2v) is 9.02. The zero-order valence-corrected chi connectivity index (χ0v) is 17.2. The van der Waals surface area contributed by atoms with Crippen molar-refractivity contribution in [2.75, 3.05) is 26.2 Å². The van der Waals surface area contributed by atoms with Crippen LogP contribution in [0.4, 0.5) is 0 Å². The highest BCUT2D eigenvalue weighted by molar-refractivity contribution is 7.89. The second kappa shape index (κ2) is 9.08. The van der Waals surface area contributed by atoms with Gasteiger partial charge >= 0.3 is 0 Å². The molecule has 0 radical (unpaired) electrons. The maximum atomic E-state index is 12.9. The third kappa shape index (κ3) is 4.87. The largest absolute Gasteiger partial charge is 0.502 e. The summed E-state index contributed by atoms with van der Waals surface area (Å²) >= 11 is 0. The van der Waals surface area contributed by atoms with Gasteiger partial charge in [-0.1, -0.05) is 25.5 Å². The first kappa shape index (κ1) is 21.5. The van der Waals surface area contributed by atoms with Crippen LogP contribution in [0.25, 0.3) is 0 Å². The molecule has 0 saturated carbocycles. The van der Waals surface area contributed by atoms with E-state index in [1.54, 1.807) is 12.1 Å². The number of aromatic hydroxyl groups is 1. The second-order valence-electron chi connectivity index (χ2n) is 7.08. The number of aliphatic hydroxyl groups excluding tert-OH is 1. The van der Waals surface area contributed by atoms with E-state index in [0.29, 0.717) is 26.2 Å². The van der Waals surface area contributed by atoms with Gasteiger partial charge in [-0.2, -0.15) is 4.31 Å². The van der Waals surface area contributed by atoms with Crippen LogP contribution in [0.5, 0.6) is 5.75 Å². The van der Waals surface area contributed by atoms with Gasteiger partial charge in [-0.3, -0.25) is 9.69 Å². The predicted octanol–water partition coefficient (Wildman–Crippen LogP) is 1.30. The van der Waals surface area contributed by atoms with Crippen LogP contribution < -0.4 is 5.43 Å². The van der Waals surface area contributed by atoms with Crippen LogP contribution in [0.15, 0.2) is 44.4 Å². The minimum absolute atomic E-state index is 0.0735. The van der Waals surface area contributed by atoms with Crippen molar-refractivity contribution in [1.29, 1.82) is 0 Å². The Morgan fingerprint density at radius 3 is 2.34 bits per heavy atom. The highest BCUT2D eigenvalue weighted by Gasteiger charge is 2.29. The van der Waals surface area contributed by atoms with E-state index >= 15 is 0 Å². The summed E-state index contributed by atoms with van der Waals surface area (Å²) in [4.78, 5) is 13.9. The molecule has 0 spiro atoms. The van der Waals surface area contributed by atoms with E-state index in [4.69, 9.17) is 9.52 Å². The summed E-state index contributed by atoms with van der Waals surface area (Å²) in [6.45, 7) is 3.25. The number of aryl methyl sites for hydroxylation is 1. The lowest BCUT2D eigenvalue weighted by Gasteiger charge is -2.33. The van der Waals surface area contributed by atoms with Gasteiger partial charge < -0.3 is 14.6 Å². The molecule has 0 bridgehead atoms. The number of sulfonamides is 1. The summed E-state index contributed by atoms with van der Waals surface area (Å²) in [5.41, 5.74) is 0.505. The third-order valence-corrected chi connectivity index (χ3v) is 6.91. The molecule has 9 heteroatoms. The van der Waals surface area contributed by atoms with Crippen molar-refractivity contribution in [3.63, 3.8) is 0 Å². The first-order valence-electron chi connectivity index (χ1n) is 9.62. The van der Waals surface area contributed by atoms with Gasteiger partial charge in [0.25, 0.3) is 0 Å². The Morgan fingerprint density at radius 1 is 1.10 bits per heavy atom. The molecular weight excluding hydrogens is 396 g/mol. The monoisotopic (exact) mass is 422 g/mol. The summed E-state index contributed by atoms with van der Waals surface area (Å²) in [5.74, 6) is -0.329. The fraction of sp³-hybridized carbons (Fsp3) is 0.450. The van der Waals surface area contributed by atoms with E-state index in [-0.39, 0.29) is 23.0 Å². The van der Waals surface area contributed by atoms with Gasteiger partial charge in [0.1, 0.15) is 12.4 Å². The summed E-state index contributed by atoms with van der Waals surface area (Å²) < 4.78 is 32.6. The van der Waals surface area contributed by atoms with Gasteiger partial charge in [-0.25, -0.2) is 8.42 Å². The van der Waals surface area contributed by atoms with Gasteiger partial charge in [0.05, 0.1) is 11.4 Å². The molecule has 0 atom stereocenters. The maximum absolute atomic E-state index is 12.9. The molecule has 1 saturated heterocycles. The van der Waals surface area contributed by atoms with E-state index in [9.17, 15) is 18.3 Å². The van der Waals surface area contributed by atoms with E-state index < -0.39 is 27.8 Å². The maximum Gasteiger partial charge on any atom is 0.243 e. The molecule has 0 amide bonds. The minimum Gasteiger partial charge on any atom is -0.502 e. The summed E-state index contributed by atoms with van der Waals surface area (Å²) in [5, 5.41) is 19.1. The van der Waals surface area contributed by atoms with E-state index in [2.05, 4.69) is 6.92 Å².